The predicted molar refractivity (Wildman–Crippen MR) is 91.7 cm³/mol. The van der Waals surface area contributed by atoms with Gasteiger partial charge in [-0.1, -0.05) is 0 Å². The van der Waals surface area contributed by atoms with E-state index in [0.29, 0.717) is 25.5 Å². The number of ether oxygens (including phenoxy) is 1. The second kappa shape index (κ2) is 7.86. The fourth-order valence-electron chi connectivity index (χ4n) is 3.30. The molecule has 5 nitrogen and oxygen atoms in total. The van der Waals surface area contributed by atoms with Crippen molar-refractivity contribution >= 4 is 5.91 Å². The summed E-state index contributed by atoms with van der Waals surface area (Å²) in [5, 5.41) is 0. The Morgan fingerprint density at radius 3 is 2.65 bits per heavy atom. The highest BCUT2D eigenvalue weighted by Crippen LogP contribution is 2.30. The quantitative estimate of drug-likeness (QED) is 0.839. The van der Waals surface area contributed by atoms with Gasteiger partial charge in [-0.15, -0.1) is 0 Å². The average molecular weight is 361 g/mol. The van der Waals surface area contributed by atoms with Gasteiger partial charge in [0.25, 0.3) is 5.91 Å². The molecule has 0 N–H and O–H groups in total. The van der Waals surface area contributed by atoms with Gasteiger partial charge < -0.3 is 9.64 Å². The fraction of sp³-hybridized carbons (Fsp3) is 0.421. The highest BCUT2D eigenvalue weighted by atomic mass is 19.2. The van der Waals surface area contributed by atoms with Crippen molar-refractivity contribution in [1.29, 1.82) is 0 Å². The molecule has 0 aliphatic carbocycles. The van der Waals surface area contributed by atoms with E-state index in [1.54, 1.807) is 18.2 Å². The minimum absolute atomic E-state index is 0.167. The van der Waals surface area contributed by atoms with Crippen molar-refractivity contribution in [1.82, 2.24) is 14.9 Å². The highest BCUT2D eigenvalue weighted by molar-refractivity contribution is 5.94. The van der Waals surface area contributed by atoms with Crippen molar-refractivity contribution < 1.29 is 18.3 Å². The molecule has 1 aliphatic heterocycles. The Hall–Kier alpha value is -2.41. The summed E-state index contributed by atoms with van der Waals surface area (Å²) < 4.78 is 31.7. The summed E-state index contributed by atoms with van der Waals surface area (Å²) in [4.78, 5) is 23.0. The SMILES string of the molecule is COCc1cnc(C)nc1C1CCN(C(=O)c2ccc(F)c(F)c2)CC1. The number of rotatable bonds is 4. The number of amides is 1. The van der Waals surface area contributed by atoms with Gasteiger partial charge in [0.1, 0.15) is 5.82 Å². The van der Waals surface area contributed by atoms with Gasteiger partial charge >= 0.3 is 0 Å². The monoisotopic (exact) mass is 361 g/mol. The zero-order valence-corrected chi connectivity index (χ0v) is 14.8. The van der Waals surface area contributed by atoms with Crippen molar-refractivity contribution in [2.24, 2.45) is 0 Å². The Morgan fingerprint density at radius 1 is 1.27 bits per heavy atom. The lowest BCUT2D eigenvalue weighted by Crippen LogP contribution is -2.38. The predicted octanol–water partition coefficient (Wildman–Crippen LogP) is 3.23. The molecule has 7 heteroatoms. The smallest absolute Gasteiger partial charge is 0.253 e. The second-order valence-corrected chi connectivity index (χ2v) is 6.46. The first-order chi connectivity index (χ1) is 12.5. The molecule has 1 aliphatic rings. The number of carbonyl (C=O) groups excluding carboxylic acids is 1. The summed E-state index contributed by atoms with van der Waals surface area (Å²) >= 11 is 0. The van der Waals surface area contributed by atoms with Gasteiger partial charge in [0.15, 0.2) is 11.6 Å². The molecule has 1 aromatic carbocycles. The lowest BCUT2D eigenvalue weighted by Gasteiger charge is -2.32. The minimum Gasteiger partial charge on any atom is -0.380 e. The van der Waals surface area contributed by atoms with Crippen LogP contribution in [0.4, 0.5) is 8.78 Å². The van der Waals surface area contributed by atoms with E-state index >= 15 is 0 Å². The first-order valence-corrected chi connectivity index (χ1v) is 8.55. The maximum atomic E-state index is 13.4. The third kappa shape index (κ3) is 3.88. The molecule has 0 saturated carbocycles. The van der Waals surface area contributed by atoms with Crippen LogP contribution in [0.5, 0.6) is 0 Å². The van der Waals surface area contributed by atoms with Crippen LogP contribution in [0.3, 0.4) is 0 Å². The Morgan fingerprint density at radius 2 is 2.00 bits per heavy atom. The molecule has 26 heavy (non-hydrogen) atoms. The van der Waals surface area contributed by atoms with E-state index in [9.17, 15) is 13.6 Å². The highest BCUT2D eigenvalue weighted by Gasteiger charge is 2.27. The van der Waals surface area contributed by atoms with E-state index < -0.39 is 11.6 Å². The van der Waals surface area contributed by atoms with Crippen LogP contribution in [0.15, 0.2) is 24.4 Å². The molecule has 138 valence electrons. The largest absolute Gasteiger partial charge is 0.380 e. The molecule has 1 saturated heterocycles. The van der Waals surface area contributed by atoms with Gasteiger partial charge in [-0.3, -0.25) is 4.79 Å². The van der Waals surface area contributed by atoms with Gasteiger partial charge in [0, 0.05) is 43.4 Å². The summed E-state index contributed by atoms with van der Waals surface area (Å²) in [5.74, 6) is -1.31. The zero-order valence-electron chi connectivity index (χ0n) is 14.8. The van der Waals surface area contributed by atoms with Crippen LogP contribution in [0.1, 0.15) is 46.2 Å². The van der Waals surface area contributed by atoms with E-state index in [1.807, 2.05) is 6.92 Å². The zero-order chi connectivity index (χ0) is 18.7. The molecule has 1 amide bonds. The Labute approximate surface area is 151 Å². The van der Waals surface area contributed by atoms with Crippen molar-refractivity contribution in [3.8, 4) is 0 Å². The van der Waals surface area contributed by atoms with Gasteiger partial charge in [0.2, 0.25) is 0 Å². The first kappa shape index (κ1) is 18.4. The second-order valence-electron chi connectivity index (χ2n) is 6.46. The van der Waals surface area contributed by atoms with E-state index in [-0.39, 0.29) is 17.4 Å². The topological polar surface area (TPSA) is 55.3 Å². The minimum atomic E-state index is -1.01. The normalized spacial score (nSPS) is 15.3. The van der Waals surface area contributed by atoms with Crippen LogP contribution in [-0.4, -0.2) is 41.0 Å². The van der Waals surface area contributed by atoms with Crippen molar-refractivity contribution in [3.63, 3.8) is 0 Å². The van der Waals surface area contributed by atoms with E-state index in [2.05, 4.69) is 9.97 Å². The number of likely N-dealkylation sites (tertiary alicyclic amines) is 1. The van der Waals surface area contributed by atoms with Crippen LogP contribution in [0.2, 0.25) is 0 Å². The Kier molecular flexibility index (Phi) is 5.56. The number of nitrogens with zero attached hydrogens (tertiary/aromatic N) is 3. The van der Waals surface area contributed by atoms with Crippen molar-refractivity contribution in [2.45, 2.75) is 32.3 Å². The summed E-state index contributed by atoms with van der Waals surface area (Å²) in [5.41, 5.74) is 2.10. The molecular formula is C19H21F2N3O2. The summed E-state index contributed by atoms with van der Waals surface area (Å²) in [6.07, 6.45) is 3.30. The van der Waals surface area contributed by atoms with Gasteiger partial charge in [-0.25, -0.2) is 18.7 Å². The standard InChI is InChI=1S/C19H21F2N3O2/c1-12-22-10-15(11-26-2)18(23-12)13-5-7-24(8-6-13)19(25)14-3-4-16(20)17(21)9-14/h3-4,9-10,13H,5-8,11H2,1-2H3. The summed E-state index contributed by atoms with van der Waals surface area (Å²) in [6, 6.07) is 3.25. The molecular weight excluding hydrogens is 340 g/mol. The molecule has 0 radical (unpaired) electrons. The summed E-state index contributed by atoms with van der Waals surface area (Å²) in [6.45, 7) is 3.38. The number of benzene rings is 1. The number of methoxy groups -OCH3 is 1. The van der Waals surface area contributed by atoms with Gasteiger partial charge in [0.05, 0.1) is 12.3 Å². The lowest BCUT2D eigenvalue weighted by atomic mass is 9.90. The van der Waals surface area contributed by atoms with Crippen LogP contribution in [0.25, 0.3) is 0 Å². The number of hydrogen-bond acceptors (Lipinski definition) is 4. The molecule has 2 heterocycles. The van der Waals surface area contributed by atoms with E-state index in [1.165, 1.54) is 6.07 Å². The van der Waals surface area contributed by atoms with Crippen molar-refractivity contribution in [2.75, 3.05) is 20.2 Å². The molecule has 2 aromatic rings. The number of piperidine rings is 1. The Balaban J connectivity index is 1.70. The van der Waals surface area contributed by atoms with Crippen LogP contribution in [-0.2, 0) is 11.3 Å². The first-order valence-electron chi connectivity index (χ1n) is 8.55. The van der Waals surface area contributed by atoms with Crippen LogP contribution >= 0.6 is 0 Å². The number of hydrogen-bond donors (Lipinski definition) is 0. The van der Waals surface area contributed by atoms with Crippen LogP contribution in [0, 0.1) is 18.6 Å². The van der Waals surface area contributed by atoms with Crippen LogP contribution < -0.4 is 0 Å². The van der Waals surface area contributed by atoms with Gasteiger partial charge in [-0.05, 0) is 38.0 Å². The lowest BCUT2D eigenvalue weighted by molar-refractivity contribution is 0.0710. The number of aryl methyl sites for hydroxylation is 1. The number of halogens is 2. The maximum absolute atomic E-state index is 13.4. The molecule has 0 spiro atoms. The molecule has 0 atom stereocenters. The number of aromatic nitrogens is 2. The van der Waals surface area contributed by atoms with Crippen molar-refractivity contribution in [3.05, 3.63) is 58.7 Å². The Bertz CT molecular complexity index is 805. The maximum Gasteiger partial charge on any atom is 0.253 e. The van der Waals surface area contributed by atoms with E-state index in [0.717, 1.165) is 36.2 Å². The molecule has 0 unspecified atom stereocenters. The molecule has 1 aromatic heterocycles. The molecule has 1 fully saturated rings. The third-order valence-electron chi connectivity index (χ3n) is 4.65. The van der Waals surface area contributed by atoms with Gasteiger partial charge in [-0.2, -0.15) is 0 Å². The van der Waals surface area contributed by atoms with E-state index in [4.69, 9.17) is 4.74 Å². The molecule has 3 rings (SSSR count). The molecule has 0 bridgehead atoms. The fourth-order valence-corrected chi connectivity index (χ4v) is 3.30. The third-order valence-corrected chi connectivity index (χ3v) is 4.65. The number of carbonyl (C=O) groups is 1. The average Bonchev–Trinajstić information content (AvgIpc) is 2.65. The summed E-state index contributed by atoms with van der Waals surface area (Å²) in [7, 11) is 1.63.